The van der Waals surface area contributed by atoms with Crippen LogP contribution < -0.4 is 0 Å². The Labute approximate surface area is 128 Å². The molecule has 0 bridgehead atoms. The summed E-state index contributed by atoms with van der Waals surface area (Å²) < 4.78 is 1.74. The van der Waals surface area contributed by atoms with Crippen LogP contribution in [0, 0.1) is 6.92 Å². The van der Waals surface area contributed by atoms with E-state index in [2.05, 4.69) is 55.1 Å². The van der Waals surface area contributed by atoms with Crippen molar-refractivity contribution in [3.63, 3.8) is 0 Å². The minimum Gasteiger partial charge on any atom is -0.390 e. The number of benzene rings is 1. The summed E-state index contributed by atoms with van der Waals surface area (Å²) in [6.07, 6.45) is 0. The predicted molar refractivity (Wildman–Crippen MR) is 85.7 cm³/mol. The molecule has 3 rings (SSSR count). The number of fused-ring (bicyclic) bond motifs is 1. The van der Waals surface area contributed by atoms with Gasteiger partial charge in [-0.25, -0.2) is 9.50 Å². The molecule has 4 nitrogen and oxygen atoms in total. The smallest absolute Gasteiger partial charge is 0.213 e. The maximum absolute atomic E-state index is 9.41. The van der Waals surface area contributed by atoms with E-state index in [9.17, 15) is 5.11 Å². The van der Waals surface area contributed by atoms with Gasteiger partial charge in [-0.15, -0.1) is 0 Å². The van der Waals surface area contributed by atoms with E-state index >= 15 is 0 Å². The van der Waals surface area contributed by atoms with Crippen LogP contribution in [-0.2, 0) is 12.0 Å². The van der Waals surface area contributed by atoms with Crippen molar-refractivity contribution < 1.29 is 5.11 Å². The van der Waals surface area contributed by atoms with E-state index in [4.69, 9.17) is 0 Å². The summed E-state index contributed by atoms with van der Waals surface area (Å²) in [4.78, 5) is 5.27. The Bertz CT molecular complexity index is 778. The molecule has 1 N–H and O–H groups in total. The fourth-order valence-corrected chi connectivity index (χ4v) is 3.27. The maximum atomic E-state index is 9.41. The molecule has 0 amide bonds. The normalized spacial score (nSPS) is 12.2. The van der Waals surface area contributed by atoms with Crippen molar-refractivity contribution in [3.05, 3.63) is 41.2 Å². The van der Waals surface area contributed by atoms with Gasteiger partial charge in [0.15, 0.2) is 0 Å². The number of hydrogen-bond donors (Lipinski definition) is 1. The number of rotatable bonds is 2. The number of aryl methyl sites for hydroxylation is 1. The summed E-state index contributed by atoms with van der Waals surface area (Å²) in [5.41, 5.74) is 4.14. The van der Waals surface area contributed by atoms with Crippen molar-refractivity contribution in [1.82, 2.24) is 14.6 Å². The summed E-state index contributed by atoms with van der Waals surface area (Å²) in [5.74, 6) is 0. The molecule has 0 saturated heterocycles. The quantitative estimate of drug-likeness (QED) is 0.787. The number of aliphatic hydroxyl groups excluding tert-OH is 1. The van der Waals surface area contributed by atoms with Crippen LogP contribution in [0.2, 0.25) is 0 Å². The Morgan fingerprint density at radius 1 is 1.19 bits per heavy atom. The standard InChI is InChI=1S/C16H19N3OS/c1-10-13(9-20)19-15(17-10)21-14(18-19)11-5-7-12(8-6-11)16(2,3)4/h5-8,20H,9H2,1-4H3. The molecule has 0 aliphatic heterocycles. The van der Waals surface area contributed by atoms with Gasteiger partial charge in [-0.2, -0.15) is 5.10 Å². The highest BCUT2D eigenvalue weighted by molar-refractivity contribution is 7.19. The highest BCUT2D eigenvalue weighted by Crippen LogP contribution is 2.29. The molecule has 0 aliphatic carbocycles. The van der Waals surface area contributed by atoms with Gasteiger partial charge in [0.25, 0.3) is 0 Å². The van der Waals surface area contributed by atoms with E-state index in [1.807, 2.05) is 6.92 Å². The molecule has 0 atom stereocenters. The highest BCUT2D eigenvalue weighted by atomic mass is 32.1. The zero-order valence-electron chi connectivity index (χ0n) is 12.7. The number of imidazole rings is 1. The van der Waals surface area contributed by atoms with E-state index in [0.717, 1.165) is 26.9 Å². The number of hydrogen-bond acceptors (Lipinski definition) is 4. The molecule has 2 heterocycles. The number of aromatic nitrogens is 3. The van der Waals surface area contributed by atoms with E-state index in [-0.39, 0.29) is 12.0 Å². The van der Waals surface area contributed by atoms with Crippen molar-refractivity contribution in [2.45, 2.75) is 39.7 Å². The third-order valence-corrected chi connectivity index (χ3v) is 4.60. The second-order valence-corrected chi connectivity index (χ2v) is 7.19. The van der Waals surface area contributed by atoms with Crippen molar-refractivity contribution in [2.75, 3.05) is 0 Å². The van der Waals surface area contributed by atoms with Gasteiger partial charge in [0, 0.05) is 5.56 Å². The average molecular weight is 301 g/mol. The fourth-order valence-electron chi connectivity index (χ4n) is 2.30. The second kappa shape index (κ2) is 4.93. The van der Waals surface area contributed by atoms with Gasteiger partial charge in [-0.1, -0.05) is 56.4 Å². The third kappa shape index (κ3) is 2.47. The van der Waals surface area contributed by atoms with Crippen molar-refractivity contribution in [2.24, 2.45) is 0 Å². The Balaban J connectivity index is 2.02. The molecule has 0 saturated carbocycles. The first-order valence-corrected chi connectivity index (χ1v) is 7.78. The topological polar surface area (TPSA) is 50.4 Å². The van der Waals surface area contributed by atoms with Crippen LogP contribution in [0.3, 0.4) is 0 Å². The van der Waals surface area contributed by atoms with E-state index in [1.54, 1.807) is 15.9 Å². The van der Waals surface area contributed by atoms with Crippen LogP contribution in [0.25, 0.3) is 15.5 Å². The van der Waals surface area contributed by atoms with Crippen LogP contribution >= 0.6 is 11.3 Å². The Hall–Kier alpha value is -1.72. The third-order valence-electron chi connectivity index (χ3n) is 3.64. The molecular formula is C16H19N3OS. The highest BCUT2D eigenvalue weighted by Gasteiger charge is 2.16. The maximum Gasteiger partial charge on any atom is 0.213 e. The van der Waals surface area contributed by atoms with E-state index in [1.165, 1.54) is 5.56 Å². The van der Waals surface area contributed by atoms with Crippen LogP contribution in [0.15, 0.2) is 24.3 Å². The van der Waals surface area contributed by atoms with Crippen molar-refractivity contribution in [3.8, 4) is 10.6 Å². The van der Waals surface area contributed by atoms with Crippen LogP contribution in [-0.4, -0.2) is 19.7 Å². The molecule has 0 fully saturated rings. The van der Waals surface area contributed by atoms with Gasteiger partial charge >= 0.3 is 0 Å². The summed E-state index contributed by atoms with van der Waals surface area (Å²) >= 11 is 1.54. The monoisotopic (exact) mass is 301 g/mol. The summed E-state index contributed by atoms with van der Waals surface area (Å²) in [6.45, 7) is 8.46. The van der Waals surface area contributed by atoms with Crippen LogP contribution in [0.4, 0.5) is 0 Å². The first-order valence-electron chi connectivity index (χ1n) is 6.97. The molecule has 0 aliphatic rings. The molecular weight excluding hydrogens is 282 g/mol. The lowest BCUT2D eigenvalue weighted by Gasteiger charge is -2.18. The Kier molecular flexibility index (Phi) is 3.34. The lowest BCUT2D eigenvalue weighted by molar-refractivity contribution is 0.273. The van der Waals surface area contributed by atoms with Crippen LogP contribution in [0.1, 0.15) is 37.7 Å². The number of nitrogens with zero attached hydrogens (tertiary/aromatic N) is 3. The van der Waals surface area contributed by atoms with Gasteiger partial charge in [0.1, 0.15) is 5.01 Å². The summed E-state index contributed by atoms with van der Waals surface area (Å²) in [5, 5.41) is 14.9. The van der Waals surface area contributed by atoms with Crippen molar-refractivity contribution >= 4 is 16.3 Å². The zero-order valence-corrected chi connectivity index (χ0v) is 13.5. The lowest BCUT2D eigenvalue weighted by Crippen LogP contribution is -2.10. The number of aliphatic hydroxyl groups is 1. The predicted octanol–water partition coefficient (Wildman–Crippen LogP) is 3.56. The van der Waals surface area contributed by atoms with Crippen molar-refractivity contribution in [1.29, 1.82) is 0 Å². The van der Waals surface area contributed by atoms with Gasteiger partial charge in [-0.3, -0.25) is 0 Å². The molecule has 0 spiro atoms. The molecule has 110 valence electrons. The van der Waals surface area contributed by atoms with Crippen LogP contribution in [0.5, 0.6) is 0 Å². The Morgan fingerprint density at radius 2 is 1.86 bits per heavy atom. The minimum absolute atomic E-state index is 0.0425. The Morgan fingerprint density at radius 3 is 2.43 bits per heavy atom. The van der Waals surface area contributed by atoms with Gasteiger partial charge in [-0.05, 0) is 17.9 Å². The molecule has 0 radical (unpaired) electrons. The SMILES string of the molecule is Cc1nc2sc(-c3ccc(C(C)(C)C)cc3)nn2c1CO. The second-order valence-electron chi connectivity index (χ2n) is 6.23. The fraction of sp³-hybridized carbons (Fsp3) is 0.375. The first kappa shape index (κ1) is 14.2. The first-order chi connectivity index (χ1) is 9.90. The molecule has 21 heavy (non-hydrogen) atoms. The molecule has 2 aromatic heterocycles. The zero-order chi connectivity index (χ0) is 15.2. The molecule has 1 aromatic carbocycles. The summed E-state index contributed by atoms with van der Waals surface area (Å²) in [6, 6.07) is 8.50. The lowest BCUT2D eigenvalue weighted by atomic mass is 9.87. The molecule has 5 heteroatoms. The molecule has 3 aromatic rings. The van der Waals surface area contributed by atoms with Gasteiger partial charge < -0.3 is 5.11 Å². The minimum atomic E-state index is -0.0425. The van der Waals surface area contributed by atoms with Gasteiger partial charge in [0.2, 0.25) is 4.96 Å². The van der Waals surface area contributed by atoms with E-state index < -0.39 is 0 Å². The molecule has 0 unspecified atom stereocenters. The van der Waals surface area contributed by atoms with E-state index in [0.29, 0.717) is 0 Å². The van der Waals surface area contributed by atoms with Gasteiger partial charge in [0.05, 0.1) is 18.0 Å². The summed E-state index contributed by atoms with van der Waals surface area (Å²) in [7, 11) is 0. The average Bonchev–Trinajstić information content (AvgIpc) is 2.94. The largest absolute Gasteiger partial charge is 0.390 e.